The van der Waals surface area contributed by atoms with Crippen LogP contribution in [0.5, 0.6) is 5.75 Å². The van der Waals surface area contributed by atoms with E-state index in [-0.39, 0.29) is 0 Å². The molecule has 3 heteroatoms. The number of rotatable bonds is 2. The Kier molecular flexibility index (Phi) is 3.09. The molecule has 0 aliphatic carbocycles. The average molecular weight is 189 g/mol. The van der Waals surface area contributed by atoms with Crippen molar-refractivity contribution in [3.05, 3.63) is 23.2 Å². The van der Waals surface area contributed by atoms with Gasteiger partial charge in [0.25, 0.3) is 0 Å². The molecule has 0 aliphatic rings. The van der Waals surface area contributed by atoms with Gasteiger partial charge in [0.05, 0.1) is 11.6 Å². The maximum atomic E-state index is 5.83. The summed E-state index contributed by atoms with van der Waals surface area (Å²) in [6.07, 6.45) is 0. The zero-order valence-corrected chi connectivity index (χ0v) is 7.82. The summed E-state index contributed by atoms with van der Waals surface area (Å²) in [5.41, 5.74) is 0. The van der Waals surface area contributed by atoms with Gasteiger partial charge in [0.15, 0.2) is 5.75 Å². The fourth-order valence-electron chi connectivity index (χ4n) is 0.785. The Morgan fingerprint density at radius 1 is 1.55 bits per heavy atom. The summed E-state index contributed by atoms with van der Waals surface area (Å²) in [5.74, 6) is 0.667. The van der Waals surface area contributed by atoms with Gasteiger partial charge in [-0.15, -0.1) is 12.6 Å². The van der Waals surface area contributed by atoms with Crippen molar-refractivity contribution in [1.82, 2.24) is 0 Å². The molecule has 0 radical (unpaired) electrons. The van der Waals surface area contributed by atoms with Crippen molar-refractivity contribution in [2.75, 3.05) is 6.61 Å². The first-order valence-electron chi connectivity index (χ1n) is 3.36. The van der Waals surface area contributed by atoms with Gasteiger partial charge < -0.3 is 4.74 Å². The van der Waals surface area contributed by atoms with Crippen LogP contribution in [0.2, 0.25) is 5.02 Å². The van der Waals surface area contributed by atoms with Crippen LogP contribution >= 0.6 is 24.2 Å². The molecule has 1 aromatic carbocycles. The second kappa shape index (κ2) is 3.88. The molecule has 1 rings (SSSR count). The van der Waals surface area contributed by atoms with Crippen LogP contribution in [0.15, 0.2) is 23.1 Å². The Hall–Kier alpha value is -0.340. The topological polar surface area (TPSA) is 9.23 Å². The third kappa shape index (κ3) is 2.04. The highest BCUT2D eigenvalue weighted by Gasteiger charge is 2.02. The van der Waals surface area contributed by atoms with Crippen molar-refractivity contribution in [2.24, 2.45) is 0 Å². The highest BCUT2D eigenvalue weighted by Crippen LogP contribution is 2.30. The maximum Gasteiger partial charge on any atom is 0.151 e. The number of hydrogen-bond donors (Lipinski definition) is 1. The van der Waals surface area contributed by atoms with Crippen LogP contribution in [-0.2, 0) is 0 Å². The molecule has 0 heterocycles. The molecule has 0 aromatic heterocycles. The summed E-state index contributed by atoms with van der Waals surface area (Å²) in [7, 11) is 0. The fraction of sp³-hybridized carbons (Fsp3) is 0.250. The standard InChI is InChI=1S/C8H9ClOS/c1-2-10-8-6(9)4-3-5-7(8)11/h3-5,11H,2H2,1H3. The van der Waals surface area contributed by atoms with Gasteiger partial charge in [0.2, 0.25) is 0 Å². The van der Waals surface area contributed by atoms with E-state index in [0.717, 1.165) is 4.90 Å². The molecule has 0 unspecified atom stereocenters. The predicted molar refractivity (Wildman–Crippen MR) is 49.9 cm³/mol. The first-order chi connectivity index (χ1) is 5.25. The van der Waals surface area contributed by atoms with Crippen LogP contribution in [0.3, 0.4) is 0 Å². The highest BCUT2D eigenvalue weighted by atomic mass is 35.5. The first-order valence-corrected chi connectivity index (χ1v) is 4.18. The van der Waals surface area contributed by atoms with Crippen LogP contribution in [-0.4, -0.2) is 6.61 Å². The molecule has 0 N–H and O–H groups in total. The number of hydrogen-bond acceptors (Lipinski definition) is 2. The van der Waals surface area contributed by atoms with E-state index in [2.05, 4.69) is 12.6 Å². The van der Waals surface area contributed by atoms with Crippen molar-refractivity contribution >= 4 is 24.2 Å². The van der Waals surface area contributed by atoms with Crippen molar-refractivity contribution in [2.45, 2.75) is 11.8 Å². The average Bonchev–Trinajstić information content (AvgIpc) is 1.97. The second-order valence-electron chi connectivity index (χ2n) is 2.02. The molecule has 0 amide bonds. The van der Waals surface area contributed by atoms with Gasteiger partial charge in [0.1, 0.15) is 0 Å². The molecule has 1 nitrogen and oxygen atoms in total. The van der Waals surface area contributed by atoms with Gasteiger partial charge >= 0.3 is 0 Å². The molecule has 0 saturated heterocycles. The van der Waals surface area contributed by atoms with Crippen molar-refractivity contribution in [1.29, 1.82) is 0 Å². The number of halogens is 1. The monoisotopic (exact) mass is 188 g/mol. The van der Waals surface area contributed by atoms with Gasteiger partial charge in [-0.2, -0.15) is 0 Å². The lowest BCUT2D eigenvalue weighted by atomic mass is 10.3. The number of thiol groups is 1. The SMILES string of the molecule is CCOc1c(S)cccc1Cl. The second-order valence-corrected chi connectivity index (χ2v) is 2.91. The largest absolute Gasteiger partial charge is 0.491 e. The van der Waals surface area contributed by atoms with Crippen LogP contribution in [0.4, 0.5) is 0 Å². The highest BCUT2D eigenvalue weighted by molar-refractivity contribution is 7.80. The molecule has 1 aromatic rings. The lowest BCUT2D eigenvalue weighted by Crippen LogP contribution is -1.92. The van der Waals surface area contributed by atoms with Crippen molar-refractivity contribution in [3.8, 4) is 5.75 Å². The summed E-state index contributed by atoms with van der Waals surface area (Å²) in [4.78, 5) is 0.777. The van der Waals surface area contributed by atoms with Crippen molar-refractivity contribution in [3.63, 3.8) is 0 Å². The molecule has 0 atom stereocenters. The fourth-order valence-corrected chi connectivity index (χ4v) is 1.35. The number of para-hydroxylation sites is 1. The minimum atomic E-state index is 0.608. The van der Waals surface area contributed by atoms with E-state index in [0.29, 0.717) is 17.4 Å². The Morgan fingerprint density at radius 3 is 2.82 bits per heavy atom. The lowest BCUT2D eigenvalue weighted by molar-refractivity contribution is 0.332. The quantitative estimate of drug-likeness (QED) is 0.702. The Bertz CT molecular complexity index is 230. The molecule has 0 bridgehead atoms. The van der Waals surface area contributed by atoms with E-state index in [1.54, 1.807) is 6.07 Å². The Labute approximate surface area is 76.7 Å². The summed E-state index contributed by atoms with van der Waals surface area (Å²) in [6, 6.07) is 5.47. The van der Waals surface area contributed by atoms with Crippen LogP contribution < -0.4 is 4.74 Å². The van der Waals surface area contributed by atoms with E-state index in [1.165, 1.54) is 0 Å². The zero-order valence-electron chi connectivity index (χ0n) is 6.17. The van der Waals surface area contributed by atoms with Crippen molar-refractivity contribution < 1.29 is 4.74 Å². The summed E-state index contributed by atoms with van der Waals surface area (Å²) in [5, 5.41) is 0.611. The minimum Gasteiger partial charge on any atom is -0.491 e. The number of benzene rings is 1. The van der Waals surface area contributed by atoms with E-state index >= 15 is 0 Å². The molecular weight excluding hydrogens is 180 g/mol. The summed E-state index contributed by atoms with van der Waals surface area (Å²) < 4.78 is 5.26. The zero-order chi connectivity index (χ0) is 8.27. The lowest BCUT2D eigenvalue weighted by Gasteiger charge is -2.06. The van der Waals surface area contributed by atoms with E-state index in [4.69, 9.17) is 16.3 Å². The van der Waals surface area contributed by atoms with Gasteiger partial charge in [0, 0.05) is 4.90 Å². The smallest absolute Gasteiger partial charge is 0.151 e. The van der Waals surface area contributed by atoms with Crippen LogP contribution in [0.25, 0.3) is 0 Å². The summed E-state index contributed by atoms with van der Waals surface area (Å²) in [6.45, 7) is 2.52. The van der Waals surface area contributed by atoms with E-state index < -0.39 is 0 Å². The van der Waals surface area contributed by atoms with Crippen LogP contribution in [0.1, 0.15) is 6.92 Å². The molecule has 11 heavy (non-hydrogen) atoms. The van der Waals surface area contributed by atoms with Gasteiger partial charge in [-0.25, -0.2) is 0 Å². The van der Waals surface area contributed by atoms with Gasteiger partial charge in [-0.05, 0) is 19.1 Å². The predicted octanol–water partition coefficient (Wildman–Crippen LogP) is 3.03. The Morgan fingerprint density at radius 2 is 2.27 bits per heavy atom. The normalized spacial score (nSPS) is 9.73. The Balaban J connectivity index is 3.00. The summed E-state index contributed by atoms with van der Waals surface area (Å²) >= 11 is 10.0. The third-order valence-electron chi connectivity index (χ3n) is 1.23. The van der Waals surface area contributed by atoms with E-state index in [1.807, 2.05) is 19.1 Å². The molecule has 0 spiro atoms. The van der Waals surface area contributed by atoms with Gasteiger partial charge in [-0.3, -0.25) is 0 Å². The molecule has 60 valence electrons. The molecule has 0 aliphatic heterocycles. The number of ether oxygens (including phenoxy) is 1. The maximum absolute atomic E-state index is 5.83. The molecule has 0 saturated carbocycles. The van der Waals surface area contributed by atoms with E-state index in [9.17, 15) is 0 Å². The minimum absolute atomic E-state index is 0.608. The van der Waals surface area contributed by atoms with Crippen LogP contribution in [0, 0.1) is 0 Å². The van der Waals surface area contributed by atoms with Gasteiger partial charge in [-0.1, -0.05) is 17.7 Å². The first kappa shape index (κ1) is 8.75. The third-order valence-corrected chi connectivity index (χ3v) is 1.88. The molecular formula is C8H9ClOS. The molecule has 0 fully saturated rings.